The number of carbonyl (C=O) groups excluding carboxylic acids is 1. The Kier molecular flexibility index (Phi) is 8.93. The maximum Gasteiger partial charge on any atom is 0.220 e. The van der Waals surface area contributed by atoms with E-state index >= 15 is 0 Å². The molecule has 0 aliphatic rings. The average Bonchev–Trinajstić information content (AvgIpc) is 2.21. The van der Waals surface area contributed by atoms with Gasteiger partial charge in [0.2, 0.25) is 5.91 Å². The summed E-state index contributed by atoms with van der Waals surface area (Å²) in [7, 11) is 0. The normalized spacial score (nSPS) is 13.5. The van der Waals surface area contributed by atoms with Crippen LogP contribution in [-0.2, 0) is 4.79 Å². The monoisotopic (exact) mass is 305 g/mol. The zero-order valence-electron chi connectivity index (χ0n) is 11.8. The van der Waals surface area contributed by atoms with Gasteiger partial charge in [-0.2, -0.15) is 0 Å². The third-order valence-corrected chi connectivity index (χ3v) is 3.91. The highest BCUT2D eigenvalue weighted by Gasteiger charge is 2.22. The first-order valence-corrected chi connectivity index (χ1v) is 7.82. The topological polar surface area (TPSA) is 29.1 Å². The molecule has 17 heavy (non-hydrogen) atoms. The van der Waals surface area contributed by atoms with Crippen molar-refractivity contribution in [3.05, 3.63) is 0 Å². The third-order valence-electron chi connectivity index (χ3n) is 3.35. The van der Waals surface area contributed by atoms with E-state index in [0.717, 1.165) is 18.3 Å². The van der Waals surface area contributed by atoms with Gasteiger partial charge in [-0.3, -0.25) is 4.79 Å². The van der Waals surface area contributed by atoms with Gasteiger partial charge in [0.25, 0.3) is 0 Å². The highest BCUT2D eigenvalue weighted by molar-refractivity contribution is 9.09. The molecule has 0 aromatic carbocycles. The summed E-state index contributed by atoms with van der Waals surface area (Å²) in [4.78, 5) is 11.7. The summed E-state index contributed by atoms with van der Waals surface area (Å²) in [5.41, 5.74) is 0.215. The molecule has 0 aromatic heterocycles. The number of nitrogens with one attached hydrogen (secondary N) is 1. The molecule has 102 valence electrons. The summed E-state index contributed by atoms with van der Waals surface area (Å²) < 4.78 is 0. The first kappa shape index (κ1) is 16.9. The number of unbranched alkanes of at least 4 members (excludes halogenated alkanes) is 3. The van der Waals surface area contributed by atoms with Crippen molar-refractivity contribution >= 4 is 21.8 Å². The summed E-state index contributed by atoms with van der Waals surface area (Å²) in [5.74, 6) is 0.629. The molecule has 1 amide bonds. The van der Waals surface area contributed by atoms with E-state index in [1.165, 1.54) is 19.3 Å². The molecule has 0 saturated carbocycles. The number of halogens is 1. The Bertz CT molecular complexity index is 211. The lowest BCUT2D eigenvalue weighted by Gasteiger charge is -2.26. The lowest BCUT2D eigenvalue weighted by Crippen LogP contribution is -2.29. The Morgan fingerprint density at radius 2 is 1.76 bits per heavy atom. The molecule has 0 fully saturated rings. The van der Waals surface area contributed by atoms with Crippen LogP contribution in [0, 0.1) is 11.3 Å². The predicted octanol–water partition coefficient (Wildman–Crippen LogP) is 4.13. The molecule has 1 unspecified atom stereocenters. The standard InChI is InChI=1S/C14H28BrNO/c1-12(14(2,3)4)11-13(17)16-10-8-6-5-7-9-15/h12H,5-11H2,1-4H3,(H,16,17). The quantitative estimate of drug-likeness (QED) is 0.530. The van der Waals surface area contributed by atoms with Crippen molar-refractivity contribution in [2.45, 2.75) is 59.8 Å². The fraction of sp³-hybridized carbons (Fsp3) is 0.929. The molecule has 0 aliphatic carbocycles. The maximum absolute atomic E-state index is 11.7. The first-order valence-electron chi connectivity index (χ1n) is 6.70. The minimum atomic E-state index is 0.202. The van der Waals surface area contributed by atoms with E-state index < -0.39 is 0 Å². The largest absolute Gasteiger partial charge is 0.356 e. The maximum atomic E-state index is 11.7. The Labute approximate surface area is 115 Å². The Morgan fingerprint density at radius 3 is 2.29 bits per heavy atom. The van der Waals surface area contributed by atoms with Crippen LogP contribution < -0.4 is 5.32 Å². The van der Waals surface area contributed by atoms with E-state index in [2.05, 4.69) is 48.9 Å². The summed E-state index contributed by atoms with van der Waals surface area (Å²) in [6.45, 7) is 9.54. The molecule has 0 aliphatic heterocycles. The molecule has 0 rings (SSSR count). The Morgan fingerprint density at radius 1 is 1.18 bits per heavy atom. The van der Waals surface area contributed by atoms with Gasteiger partial charge in [0.1, 0.15) is 0 Å². The molecule has 3 heteroatoms. The summed E-state index contributed by atoms with van der Waals surface area (Å²) in [6.07, 6.45) is 5.43. The van der Waals surface area contributed by atoms with Gasteiger partial charge in [-0.05, 0) is 24.2 Å². The molecule has 0 spiro atoms. The van der Waals surface area contributed by atoms with Crippen LogP contribution in [0.4, 0.5) is 0 Å². The molecule has 0 heterocycles. The first-order chi connectivity index (χ1) is 7.88. The van der Waals surface area contributed by atoms with Crippen LogP contribution in [0.1, 0.15) is 59.8 Å². The van der Waals surface area contributed by atoms with Crippen molar-refractivity contribution in [1.82, 2.24) is 5.32 Å². The number of alkyl halides is 1. The molecular weight excluding hydrogens is 278 g/mol. The molecular formula is C14H28BrNO. The number of carbonyl (C=O) groups is 1. The van der Waals surface area contributed by atoms with Gasteiger partial charge >= 0.3 is 0 Å². The van der Waals surface area contributed by atoms with Gasteiger partial charge in [-0.25, -0.2) is 0 Å². The van der Waals surface area contributed by atoms with Gasteiger partial charge in [0, 0.05) is 18.3 Å². The van der Waals surface area contributed by atoms with Crippen LogP contribution >= 0.6 is 15.9 Å². The number of hydrogen-bond donors (Lipinski definition) is 1. The minimum Gasteiger partial charge on any atom is -0.356 e. The summed E-state index contributed by atoms with van der Waals surface area (Å²) in [5, 5.41) is 4.10. The van der Waals surface area contributed by atoms with Crippen molar-refractivity contribution in [1.29, 1.82) is 0 Å². The van der Waals surface area contributed by atoms with Crippen LogP contribution in [-0.4, -0.2) is 17.8 Å². The molecule has 0 radical (unpaired) electrons. The van der Waals surface area contributed by atoms with Crippen LogP contribution in [0.2, 0.25) is 0 Å². The second-order valence-corrected chi connectivity index (χ2v) is 6.72. The van der Waals surface area contributed by atoms with Crippen molar-refractivity contribution in [2.24, 2.45) is 11.3 Å². The molecule has 0 bridgehead atoms. The number of amides is 1. The number of hydrogen-bond acceptors (Lipinski definition) is 1. The third kappa shape index (κ3) is 9.63. The Balaban J connectivity index is 3.53. The van der Waals surface area contributed by atoms with Gasteiger partial charge in [0.15, 0.2) is 0 Å². The Hall–Kier alpha value is -0.0500. The second-order valence-electron chi connectivity index (χ2n) is 5.92. The number of rotatable bonds is 8. The molecule has 1 atom stereocenters. The van der Waals surface area contributed by atoms with Gasteiger partial charge < -0.3 is 5.32 Å². The van der Waals surface area contributed by atoms with E-state index in [1.807, 2.05) is 0 Å². The van der Waals surface area contributed by atoms with Crippen molar-refractivity contribution < 1.29 is 4.79 Å². The highest BCUT2D eigenvalue weighted by Crippen LogP contribution is 2.27. The van der Waals surface area contributed by atoms with Gasteiger partial charge in [-0.15, -0.1) is 0 Å². The van der Waals surface area contributed by atoms with Crippen LogP contribution in [0.5, 0.6) is 0 Å². The lowest BCUT2D eigenvalue weighted by atomic mass is 9.80. The van der Waals surface area contributed by atoms with E-state index in [4.69, 9.17) is 0 Å². The predicted molar refractivity (Wildman–Crippen MR) is 78.5 cm³/mol. The molecule has 0 saturated heterocycles. The van der Waals surface area contributed by atoms with Gasteiger partial charge in [0.05, 0.1) is 0 Å². The van der Waals surface area contributed by atoms with Crippen LogP contribution in [0.25, 0.3) is 0 Å². The average molecular weight is 306 g/mol. The van der Waals surface area contributed by atoms with E-state index in [-0.39, 0.29) is 11.3 Å². The molecule has 2 nitrogen and oxygen atoms in total. The lowest BCUT2D eigenvalue weighted by molar-refractivity contribution is -0.122. The van der Waals surface area contributed by atoms with E-state index in [9.17, 15) is 4.79 Å². The molecule has 0 aromatic rings. The van der Waals surface area contributed by atoms with Crippen LogP contribution in [0.3, 0.4) is 0 Å². The zero-order valence-corrected chi connectivity index (χ0v) is 13.4. The minimum absolute atomic E-state index is 0.202. The van der Waals surface area contributed by atoms with Crippen molar-refractivity contribution in [3.8, 4) is 0 Å². The molecule has 1 N–H and O–H groups in total. The smallest absolute Gasteiger partial charge is 0.220 e. The summed E-state index contributed by atoms with van der Waals surface area (Å²) in [6, 6.07) is 0. The SMILES string of the molecule is CC(CC(=O)NCCCCCCBr)C(C)(C)C. The second kappa shape index (κ2) is 8.96. The fourth-order valence-electron chi connectivity index (χ4n) is 1.46. The van der Waals surface area contributed by atoms with E-state index in [0.29, 0.717) is 12.3 Å². The van der Waals surface area contributed by atoms with E-state index in [1.54, 1.807) is 0 Å². The fourth-order valence-corrected chi connectivity index (χ4v) is 1.85. The van der Waals surface area contributed by atoms with Gasteiger partial charge in [-0.1, -0.05) is 56.5 Å². The summed E-state index contributed by atoms with van der Waals surface area (Å²) >= 11 is 3.42. The van der Waals surface area contributed by atoms with Crippen molar-refractivity contribution in [2.75, 3.05) is 11.9 Å². The van der Waals surface area contributed by atoms with Crippen molar-refractivity contribution in [3.63, 3.8) is 0 Å². The van der Waals surface area contributed by atoms with Crippen LogP contribution in [0.15, 0.2) is 0 Å². The zero-order chi connectivity index (χ0) is 13.3. The highest BCUT2D eigenvalue weighted by atomic mass is 79.9.